The van der Waals surface area contributed by atoms with E-state index in [-0.39, 0.29) is 0 Å². The normalized spacial score (nSPS) is 14.1. The van der Waals surface area contributed by atoms with Crippen molar-refractivity contribution in [3.8, 4) is 11.4 Å². The first-order valence-corrected chi connectivity index (χ1v) is 7.78. The monoisotopic (exact) mass is 318 g/mol. The van der Waals surface area contributed by atoms with Crippen LogP contribution >= 0.6 is 0 Å². The molecule has 24 heavy (non-hydrogen) atoms. The van der Waals surface area contributed by atoms with Gasteiger partial charge in [-0.3, -0.25) is 0 Å². The van der Waals surface area contributed by atoms with E-state index in [4.69, 9.17) is 0 Å². The number of aromatic nitrogens is 5. The summed E-state index contributed by atoms with van der Waals surface area (Å²) in [6, 6.07) is 8.34. The molecule has 4 rings (SSSR count). The lowest BCUT2D eigenvalue weighted by Gasteiger charge is -2.23. The van der Waals surface area contributed by atoms with E-state index < -0.39 is 0 Å². The Hall–Kier alpha value is -3.15. The zero-order valence-corrected chi connectivity index (χ0v) is 13.7. The lowest BCUT2D eigenvalue weighted by molar-refractivity contribution is 0.896. The molecule has 0 aliphatic carbocycles. The zero-order chi connectivity index (χ0) is 16.5. The van der Waals surface area contributed by atoms with Gasteiger partial charge in [-0.25, -0.2) is 4.98 Å². The minimum absolute atomic E-state index is 0.819. The second kappa shape index (κ2) is 5.81. The number of benzene rings is 1. The molecular weight excluding hydrogens is 300 g/mol. The van der Waals surface area contributed by atoms with Crippen molar-refractivity contribution >= 4 is 11.3 Å². The van der Waals surface area contributed by atoms with Gasteiger partial charge in [0, 0.05) is 38.1 Å². The fourth-order valence-electron chi connectivity index (χ4n) is 2.88. The van der Waals surface area contributed by atoms with E-state index in [0.717, 1.165) is 29.3 Å². The van der Waals surface area contributed by atoms with Crippen molar-refractivity contribution in [1.82, 2.24) is 24.3 Å². The molecule has 1 aliphatic rings. The van der Waals surface area contributed by atoms with Crippen LogP contribution in [0.1, 0.15) is 5.69 Å². The third-order valence-electron chi connectivity index (χ3n) is 4.20. The highest BCUT2D eigenvalue weighted by atomic mass is 15.2. The van der Waals surface area contributed by atoms with E-state index in [1.807, 2.05) is 41.8 Å². The van der Waals surface area contributed by atoms with Crippen LogP contribution in [0.15, 0.2) is 61.5 Å². The summed E-state index contributed by atoms with van der Waals surface area (Å²) >= 11 is 0. The van der Waals surface area contributed by atoms with Crippen molar-refractivity contribution in [2.45, 2.75) is 0 Å². The zero-order valence-electron chi connectivity index (χ0n) is 13.7. The van der Waals surface area contributed by atoms with Crippen molar-refractivity contribution < 1.29 is 0 Å². The summed E-state index contributed by atoms with van der Waals surface area (Å²) in [5.74, 6) is 0.865. The average Bonchev–Trinajstić information content (AvgIpc) is 3.23. The molecule has 3 aromatic rings. The number of hydrogen-bond acceptors (Lipinski definition) is 4. The highest BCUT2D eigenvalue weighted by Gasteiger charge is 2.12. The van der Waals surface area contributed by atoms with Gasteiger partial charge in [0.1, 0.15) is 6.33 Å². The Labute approximate surface area is 140 Å². The summed E-state index contributed by atoms with van der Waals surface area (Å²) in [4.78, 5) is 6.39. The molecule has 0 unspecified atom stereocenters. The molecule has 6 heteroatoms. The van der Waals surface area contributed by atoms with Crippen LogP contribution in [0.5, 0.6) is 0 Å². The predicted octanol–water partition coefficient (Wildman–Crippen LogP) is 2.63. The average molecular weight is 318 g/mol. The SMILES string of the molecule is Cn1cncc1C1=CCN(c2cccc(-c3nncn3C)c2)C=C1. The molecule has 1 aromatic carbocycles. The predicted molar refractivity (Wildman–Crippen MR) is 94.1 cm³/mol. The van der Waals surface area contributed by atoms with Gasteiger partial charge >= 0.3 is 0 Å². The second-order valence-electron chi connectivity index (χ2n) is 5.83. The first-order chi connectivity index (χ1) is 11.7. The molecule has 120 valence electrons. The number of rotatable bonds is 3. The molecule has 0 atom stereocenters. The maximum Gasteiger partial charge on any atom is 0.163 e. The van der Waals surface area contributed by atoms with Crippen LogP contribution in [0, 0.1) is 0 Å². The number of imidazole rings is 1. The molecular formula is C18H18N6. The highest BCUT2D eigenvalue weighted by Crippen LogP contribution is 2.26. The van der Waals surface area contributed by atoms with Crippen LogP contribution in [0.25, 0.3) is 17.0 Å². The van der Waals surface area contributed by atoms with Crippen LogP contribution in [-0.2, 0) is 14.1 Å². The van der Waals surface area contributed by atoms with E-state index >= 15 is 0 Å². The molecule has 0 bridgehead atoms. The van der Waals surface area contributed by atoms with Crippen molar-refractivity contribution in [2.24, 2.45) is 14.1 Å². The van der Waals surface area contributed by atoms with Crippen LogP contribution in [0.3, 0.4) is 0 Å². The van der Waals surface area contributed by atoms with Crippen LogP contribution < -0.4 is 4.90 Å². The molecule has 0 fully saturated rings. The molecule has 0 saturated heterocycles. The van der Waals surface area contributed by atoms with E-state index in [1.54, 1.807) is 6.33 Å². The van der Waals surface area contributed by atoms with Gasteiger partial charge in [-0.05, 0) is 23.8 Å². The molecule has 2 aromatic heterocycles. The minimum atomic E-state index is 0.819. The summed E-state index contributed by atoms with van der Waals surface area (Å²) in [5.41, 5.74) is 4.50. The number of aryl methyl sites for hydroxylation is 2. The first-order valence-electron chi connectivity index (χ1n) is 7.78. The van der Waals surface area contributed by atoms with Crippen LogP contribution in [-0.4, -0.2) is 30.9 Å². The van der Waals surface area contributed by atoms with Crippen LogP contribution in [0.2, 0.25) is 0 Å². The van der Waals surface area contributed by atoms with Gasteiger partial charge in [0.2, 0.25) is 0 Å². The summed E-state index contributed by atoms with van der Waals surface area (Å²) in [6.45, 7) is 0.819. The Morgan fingerprint density at radius 3 is 2.67 bits per heavy atom. The third-order valence-corrected chi connectivity index (χ3v) is 4.20. The maximum absolute atomic E-state index is 4.18. The van der Waals surface area contributed by atoms with Gasteiger partial charge in [0.05, 0.1) is 18.2 Å². The Bertz CT molecular complexity index is 930. The fourth-order valence-corrected chi connectivity index (χ4v) is 2.88. The van der Waals surface area contributed by atoms with Gasteiger partial charge in [-0.2, -0.15) is 0 Å². The molecule has 0 amide bonds. The molecule has 0 radical (unpaired) electrons. The minimum Gasteiger partial charge on any atom is -0.344 e. The van der Waals surface area contributed by atoms with Crippen molar-refractivity contribution in [3.05, 3.63) is 67.2 Å². The molecule has 6 nitrogen and oxygen atoms in total. The topological polar surface area (TPSA) is 51.8 Å². The van der Waals surface area contributed by atoms with E-state index in [0.29, 0.717) is 0 Å². The van der Waals surface area contributed by atoms with Crippen molar-refractivity contribution in [2.75, 3.05) is 11.4 Å². The summed E-state index contributed by atoms with van der Waals surface area (Å²) in [7, 11) is 3.96. The highest BCUT2D eigenvalue weighted by molar-refractivity contribution is 5.75. The number of anilines is 1. The Morgan fingerprint density at radius 2 is 2.00 bits per heavy atom. The largest absolute Gasteiger partial charge is 0.344 e. The first kappa shape index (κ1) is 14.4. The molecule has 1 aliphatic heterocycles. The Morgan fingerprint density at radius 1 is 1.08 bits per heavy atom. The fraction of sp³-hybridized carbons (Fsp3) is 0.167. The quantitative estimate of drug-likeness (QED) is 0.745. The van der Waals surface area contributed by atoms with Crippen LogP contribution in [0.4, 0.5) is 5.69 Å². The van der Waals surface area contributed by atoms with E-state index in [9.17, 15) is 0 Å². The smallest absolute Gasteiger partial charge is 0.163 e. The Balaban J connectivity index is 1.59. The summed E-state index contributed by atoms with van der Waals surface area (Å²) < 4.78 is 3.95. The molecule has 0 N–H and O–H groups in total. The number of nitrogens with zero attached hydrogens (tertiary/aromatic N) is 6. The summed E-state index contributed by atoms with van der Waals surface area (Å²) in [5, 5.41) is 8.14. The van der Waals surface area contributed by atoms with Gasteiger partial charge < -0.3 is 14.0 Å². The lowest BCUT2D eigenvalue weighted by Crippen LogP contribution is -2.19. The van der Waals surface area contributed by atoms with E-state index in [1.165, 1.54) is 5.57 Å². The molecule has 0 saturated carbocycles. The van der Waals surface area contributed by atoms with Gasteiger partial charge in [-0.15, -0.1) is 10.2 Å². The second-order valence-corrected chi connectivity index (χ2v) is 5.83. The lowest BCUT2D eigenvalue weighted by atomic mass is 10.1. The molecule has 3 heterocycles. The van der Waals surface area contributed by atoms with Crippen molar-refractivity contribution in [1.29, 1.82) is 0 Å². The van der Waals surface area contributed by atoms with Gasteiger partial charge in [0.15, 0.2) is 5.82 Å². The van der Waals surface area contributed by atoms with Gasteiger partial charge in [-0.1, -0.05) is 18.2 Å². The van der Waals surface area contributed by atoms with Gasteiger partial charge in [0.25, 0.3) is 0 Å². The third kappa shape index (κ3) is 2.52. The van der Waals surface area contributed by atoms with Crippen molar-refractivity contribution in [3.63, 3.8) is 0 Å². The Kier molecular flexibility index (Phi) is 3.49. The van der Waals surface area contributed by atoms with E-state index in [2.05, 4.69) is 56.6 Å². The number of allylic oxidation sites excluding steroid dienone is 2. The standard InChI is InChI=1S/C18H18N6/c1-22-12-19-11-17(22)14-6-8-24(9-7-14)16-5-3-4-15(10-16)18-21-20-13-23(18)2/h3-8,10-13H,9H2,1-2H3. The number of hydrogen-bond donors (Lipinski definition) is 0. The maximum atomic E-state index is 4.18. The summed E-state index contributed by atoms with van der Waals surface area (Å²) in [6.07, 6.45) is 11.9. The molecule has 0 spiro atoms.